The molecular weight excluding hydrogens is 418 g/mol. The van der Waals surface area contributed by atoms with E-state index in [0.717, 1.165) is 5.56 Å². The number of amides is 3. The molecule has 0 aliphatic rings. The van der Waals surface area contributed by atoms with Gasteiger partial charge in [0, 0.05) is 44.6 Å². The average molecular weight is 454 g/mol. The maximum absolute atomic E-state index is 13.5. The van der Waals surface area contributed by atoms with E-state index in [9.17, 15) is 14.4 Å². The summed E-state index contributed by atoms with van der Waals surface area (Å²) in [7, 11) is 0. The topological polar surface area (TPSA) is 156 Å². The summed E-state index contributed by atoms with van der Waals surface area (Å²) < 4.78 is 11.2. The highest BCUT2D eigenvalue weighted by atomic mass is 16.7. The summed E-state index contributed by atoms with van der Waals surface area (Å²) in [4.78, 5) is 42.8. The van der Waals surface area contributed by atoms with Crippen molar-refractivity contribution < 1.29 is 29.0 Å². The molecule has 32 heavy (non-hydrogen) atoms. The van der Waals surface area contributed by atoms with Crippen LogP contribution in [0, 0.1) is 0 Å². The zero-order valence-corrected chi connectivity index (χ0v) is 19.1. The molecule has 0 fully saturated rings. The van der Waals surface area contributed by atoms with Crippen LogP contribution in [0.3, 0.4) is 0 Å². The maximum atomic E-state index is 13.5. The third-order valence-corrected chi connectivity index (χ3v) is 4.58. The first-order valence-corrected chi connectivity index (χ1v) is 10.7. The van der Waals surface area contributed by atoms with Crippen molar-refractivity contribution in [3.8, 4) is 0 Å². The third kappa shape index (κ3) is 9.16. The second-order valence-electron chi connectivity index (χ2n) is 7.29. The highest BCUT2D eigenvalue weighted by molar-refractivity contribution is 5.91. The van der Waals surface area contributed by atoms with Gasteiger partial charge in [0.2, 0.25) is 11.8 Å². The fourth-order valence-electron chi connectivity index (χ4n) is 3.05. The molecule has 0 aliphatic heterocycles. The molecule has 11 heteroatoms. The van der Waals surface area contributed by atoms with Crippen LogP contribution in [-0.2, 0) is 25.5 Å². The molecule has 2 atom stereocenters. The van der Waals surface area contributed by atoms with E-state index in [1.807, 2.05) is 27.7 Å². The number of rotatable bonds is 14. The van der Waals surface area contributed by atoms with Crippen LogP contribution in [0.2, 0.25) is 0 Å². The molecule has 11 nitrogen and oxygen atoms in total. The van der Waals surface area contributed by atoms with Crippen LogP contribution < -0.4 is 16.4 Å². The lowest BCUT2D eigenvalue weighted by Crippen LogP contribution is -2.58. The molecule has 1 aromatic rings. The number of ether oxygens (including phenoxy) is 2. The van der Waals surface area contributed by atoms with Gasteiger partial charge in [-0.15, -0.1) is 0 Å². The number of pyridine rings is 1. The maximum Gasteiger partial charge on any atom is 0.405 e. The first kappa shape index (κ1) is 27.3. The Morgan fingerprint density at radius 2 is 1.81 bits per heavy atom. The van der Waals surface area contributed by atoms with E-state index < -0.39 is 30.4 Å². The summed E-state index contributed by atoms with van der Waals surface area (Å²) in [6, 6.07) is 1.15. The number of nitrogens with zero attached hydrogens (tertiary/aromatic N) is 2. The Morgan fingerprint density at radius 3 is 2.28 bits per heavy atom. The fraction of sp³-hybridized carbons (Fsp3) is 0.619. The molecule has 2 unspecified atom stereocenters. The first-order chi connectivity index (χ1) is 15.2. The Morgan fingerprint density at radius 1 is 1.16 bits per heavy atom. The second-order valence-corrected chi connectivity index (χ2v) is 7.29. The molecule has 0 bridgehead atoms. The van der Waals surface area contributed by atoms with Crippen molar-refractivity contribution in [3.63, 3.8) is 0 Å². The van der Waals surface area contributed by atoms with E-state index in [4.69, 9.17) is 20.3 Å². The summed E-state index contributed by atoms with van der Waals surface area (Å²) in [5.74, 6) is -1.04. The quantitative estimate of drug-likeness (QED) is 0.294. The molecular formula is C21H35N5O6. The van der Waals surface area contributed by atoms with E-state index in [0.29, 0.717) is 13.2 Å². The van der Waals surface area contributed by atoms with E-state index in [2.05, 4.69) is 15.6 Å². The summed E-state index contributed by atoms with van der Waals surface area (Å²) >= 11 is 0. The smallest absolute Gasteiger partial charge is 0.405 e. The Labute approximate surface area is 188 Å². The number of hydrogen-bond acceptors (Lipinski definition) is 7. The van der Waals surface area contributed by atoms with Gasteiger partial charge in [0.1, 0.15) is 12.1 Å². The highest BCUT2D eigenvalue weighted by Gasteiger charge is 2.32. The van der Waals surface area contributed by atoms with Crippen molar-refractivity contribution in [2.75, 3.05) is 26.3 Å². The summed E-state index contributed by atoms with van der Waals surface area (Å²) in [6.45, 7) is 8.12. The lowest BCUT2D eigenvalue weighted by atomic mass is 10.0. The normalized spacial score (nSPS) is 13.0. The average Bonchev–Trinajstić information content (AvgIpc) is 2.75. The van der Waals surface area contributed by atoms with Gasteiger partial charge in [-0.05, 0) is 39.3 Å². The molecule has 0 spiro atoms. The van der Waals surface area contributed by atoms with Crippen molar-refractivity contribution in [2.24, 2.45) is 5.73 Å². The lowest BCUT2D eigenvalue weighted by Gasteiger charge is -2.34. The van der Waals surface area contributed by atoms with Gasteiger partial charge >= 0.3 is 6.09 Å². The minimum Gasteiger partial charge on any atom is -0.465 e. The van der Waals surface area contributed by atoms with E-state index in [1.165, 1.54) is 0 Å². The number of carboxylic acid groups (broad SMARTS) is 1. The van der Waals surface area contributed by atoms with Crippen LogP contribution in [0.5, 0.6) is 0 Å². The molecule has 0 aromatic carbocycles. The van der Waals surface area contributed by atoms with Gasteiger partial charge in [0.25, 0.3) is 0 Å². The Balaban J connectivity index is 3.14. The number of carbonyl (C=O) groups is 3. The van der Waals surface area contributed by atoms with Crippen LogP contribution >= 0.6 is 0 Å². The van der Waals surface area contributed by atoms with Gasteiger partial charge < -0.3 is 35.8 Å². The van der Waals surface area contributed by atoms with Gasteiger partial charge in [-0.3, -0.25) is 14.6 Å². The van der Waals surface area contributed by atoms with Gasteiger partial charge in [-0.2, -0.15) is 0 Å². The number of carbonyl (C=O) groups excluding carboxylic acids is 2. The van der Waals surface area contributed by atoms with Crippen LogP contribution in [0.15, 0.2) is 24.5 Å². The summed E-state index contributed by atoms with van der Waals surface area (Å²) in [5, 5.41) is 13.7. The van der Waals surface area contributed by atoms with Gasteiger partial charge in [0.05, 0.1) is 6.54 Å². The van der Waals surface area contributed by atoms with E-state index >= 15 is 0 Å². The van der Waals surface area contributed by atoms with Crippen molar-refractivity contribution in [1.29, 1.82) is 0 Å². The van der Waals surface area contributed by atoms with Crippen LogP contribution in [-0.4, -0.2) is 83.6 Å². The highest BCUT2D eigenvalue weighted by Crippen LogP contribution is 2.11. The largest absolute Gasteiger partial charge is 0.465 e. The van der Waals surface area contributed by atoms with Crippen molar-refractivity contribution in [2.45, 2.75) is 58.5 Å². The van der Waals surface area contributed by atoms with Gasteiger partial charge in [0.15, 0.2) is 6.29 Å². The molecule has 1 aromatic heterocycles. The number of nitrogens with one attached hydrogen (secondary N) is 2. The van der Waals surface area contributed by atoms with Crippen LogP contribution in [0.25, 0.3) is 0 Å². The minimum atomic E-state index is -1.38. The second kappa shape index (κ2) is 14.3. The van der Waals surface area contributed by atoms with Crippen molar-refractivity contribution in [1.82, 2.24) is 20.5 Å². The molecule has 0 aliphatic carbocycles. The van der Waals surface area contributed by atoms with Gasteiger partial charge in [-0.1, -0.05) is 6.07 Å². The minimum absolute atomic E-state index is 0.167. The SMILES string of the molecule is CCOC(CN(C(=O)C(Cc1cccnc1)NC(=O)C(CN)NC(=O)O)C(C)C)OCC. The number of aromatic nitrogens is 1. The first-order valence-electron chi connectivity index (χ1n) is 10.7. The molecule has 0 saturated heterocycles. The predicted octanol–water partition coefficient (Wildman–Crippen LogP) is 0.340. The van der Waals surface area contributed by atoms with Crippen molar-refractivity contribution >= 4 is 17.9 Å². The Kier molecular flexibility index (Phi) is 12.2. The van der Waals surface area contributed by atoms with Crippen LogP contribution in [0.1, 0.15) is 33.3 Å². The Bertz CT molecular complexity index is 712. The molecule has 5 N–H and O–H groups in total. The number of hydrogen-bond donors (Lipinski definition) is 4. The monoisotopic (exact) mass is 453 g/mol. The van der Waals surface area contributed by atoms with Crippen molar-refractivity contribution in [3.05, 3.63) is 30.1 Å². The zero-order valence-electron chi connectivity index (χ0n) is 19.1. The molecule has 3 amide bonds. The lowest BCUT2D eigenvalue weighted by molar-refractivity contribution is -0.163. The molecule has 0 saturated carbocycles. The van der Waals surface area contributed by atoms with Gasteiger partial charge in [-0.25, -0.2) is 4.79 Å². The van der Waals surface area contributed by atoms with E-state index in [1.54, 1.807) is 29.4 Å². The molecule has 1 rings (SSSR count). The fourth-order valence-corrected chi connectivity index (χ4v) is 3.05. The molecule has 1 heterocycles. The zero-order chi connectivity index (χ0) is 24.1. The third-order valence-electron chi connectivity index (χ3n) is 4.58. The molecule has 180 valence electrons. The standard InChI is InChI=1S/C21H35N5O6/c1-5-31-18(32-6-2)13-26(14(3)4)20(28)16(10-15-8-7-9-23-12-15)24-19(27)17(11-22)25-21(29)30/h7-9,12,14,16-18,25H,5-6,10-11,13,22H2,1-4H3,(H,24,27)(H,29,30). The van der Waals surface area contributed by atoms with Crippen LogP contribution in [0.4, 0.5) is 4.79 Å². The summed E-state index contributed by atoms with van der Waals surface area (Å²) in [5.41, 5.74) is 6.27. The summed E-state index contributed by atoms with van der Waals surface area (Å²) in [6.07, 6.45) is 1.38. The Hall–Kier alpha value is -2.76. The number of nitrogens with two attached hydrogens (primary N) is 1. The predicted molar refractivity (Wildman–Crippen MR) is 118 cm³/mol. The molecule has 0 radical (unpaired) electrons. The van der Waals surface area contributed by atoms with E-state index in [-0.39, 0.29) is 31.5 Å².